The van der Waals surface area contributed by atoms with Crippen molar-refractivity contribution >= 4 is 17.4 Å². The van der Waals surface area contributed by atoms with Gasteiger partial charge in [0.05, 0.1) is 12.1 Å². The zero-order valence-electron chi connectivity index (χ0n) is 19.3. The highest BCUT2D eigenvalue weighted by Crippen LogP contribution is 2.30. The lowest BCUT2D eigenvalue weighted by Gasteiger charge is -2.12. The third-order valence-electron chi connectivity index (χ3n) is 6.11. The van der Waals surface area contributed by atoms with Gasteiger partial charge in [0.1, 0.15) is 17.3 Å². The van der Waals surface area contributed by atoms with E-state index in [0.29, 0.717) is 31.0 Å². The Labute approximate surface area is 198 Å². The van der Waals surface area contributed by atoms with Gasteiger partial charge < -0.3 is 25.7 Å². The molecule has 0 unspecified atom stereocenters. The number of nitrogens with zero attached hydrogens (tertiary/aromatic N) is 2. The summed E-state index contributed by atoms with van der Waals surface area (Å²) < 4.78 is 8.09. The molecular formula is C27H27N5O2. The second kappa shape index (κ2) is 8.94. The third kappa shape index (κ3) is 4.45. The maximum atomic E-state index is 12.9. The average Bonchev–Trinajstić information content (AvgIpc) is 3.13. The van der Waals surface area contributed by atoms with Gasteiger partial charge in [0, 0.05) is 42.4 Å². The number of carbonyl (C=O) groups excluding carboxylic acids is 1. The monoisotopic (exact) mass is 453 g/mol. The van der Waals surface area contributed by atoms with E-state index in [4.69, 9.17) is 10.5 Å². The molecule has 2 aromatic carbocycles. The molecule has 4 N–H and O–H groups in total. The highest BCUT2D eigenvalue weighted by molar-refractivity contribution is 5.94. The fourth-order valence-corrected chi connectivity index (χ4v) is 4.32. The van der Waals surface area contributed by atoms with Gasteiger partial charge in [-0.3, -0.25) is 4.79 Å². The lowest BCUT2D eigenvalue weighted by atomic mass is 10.1. The first kappa shape index (κ1) is 21.6. The molecule has 5 rings (SSSR count). The molecule has 1 aliphatic rings. The Morgan fingerprint density at radius 3 is 2.74 bits per heavy atom. The molecule has 0 aliphatic carbocycles. The number of amides is 1. The summed E-state index contributed by atoms with van der Waals surface area (Å²) >= 11 is 0. The van der Waals surface area contributed by atoms with E-state index in [1.165, 1.54) is 0 Å². The summed E-state index contributed by atoms with van der Waals surface area (Å²) in [7, 11) is 0. The second-order valence-electron chi connectivity index (χ2n) is 8.55. The van der Waals surface area contributed by atoms with Crippen LogP contribution in [0.3, 0.4) is 0 Å². The number of carbonyl (C=O) groups is 1. The molecule has 0 fully saturated rings. The predicted molar refractivity (Wildman–Crippen MR) is 133 cm³/mol. The van der Waals surface area contributed by atoms with Gasteiger partial charge in [-0.1, -0.05) is 24.3 Å². The van der Waals surface area contributed by atoms with Crippen LogP contribution in [-0.4, -0.2) is 15.5 Å². The van der Waals surface area contributed by atoms with Gasteiger partial charge in [0.15, 0.2) is 0 Å². The van der Waals surface area contributed by atoms with Crippen molar-refractivity contribution in [2.24, 2.45) is 0 Å². The molecule has 3 heterocycles. The number of benzene rings is 2. The summed E-state index contributed by atoms with van der Waals surface area (Å²) in [4.78, 5) is 17.2. The van der Waals surface area contributed by atoms with Crippen molar-refractivity contribution in [3.8, 4) is 11.5 Å². The molecule has 0 saturated carbocycles. The van der Waals surface area contributed by atoms with Crippen LogP contribution in [-0.2, 0) is 19.6 Å². The lowest BCUT2D eigenvalue weighted by molar-refractivity contribution is 0.0950. The first-order valence-electron chi connectivity index (χ1n) is 11.3. The second-order valence-corrected chi connectivity index (χ2v) is 8.55. The zero-order chi connectivity index (χ0) is 23.7. The molecule has 2 aromatic heterocycles. The standard InChI is InChI=1S/C27H27N5O2/c1-17-10-26(28)31-18(2)24(17)14-30-27(33)20-11-21-13-29-25-12-23(34-22-6-4-3-5-7-22)9-8-19(25)15-32(21)16-20/h3-12,16,29H,13-15H2,1-2H3,(H2,28,31)(H,30,33). The van der Waals surface area contributed by atoms with Crippen molar-refractivity contribution in [3.05, 3.63) is 101 Å². The van der Waals surface area contributed by atoms with E-state index in [9.17, 15) is 4.79 Å². The fraction of sp³-hybridized carbons (Fsp3) is 0.185. The molecule has 34 heavy (non-hydrogen) atoms. The van der Waals surface area contributed by atoms with Crippen LogP contribution in [0.4, 0.5) is 11.5 Å². The molecule has 1 amide bonds. The highest BCUT2D eigenvalue weighted by Gasteiger charge is 2.18. The number of nitrogens with two attached hydrogens (primary N) is 1. The Balaban J connectivity index is 1.29. The number of nitrogens with one attached hydrogen (secondary N) is 2. The summed E-state index contributed by atoms with van der Waals surface area (Å²) in [5.74, 6) is 1.97. The van der Waals surface area contributed by atoms with Crippen LogP contribution in [0.1, 0.15) is 38.4 Å². The molecule has 7 heteroatoms. The van der Waals surface area contributed by atoms with Crippen LogP contribution < -0.4 is 21.1 Å². The molecule has 0 atom stereocenters. The molecule has 1 aliphatic heterocycles. The number of aromatic nitrogens is 2. The van der Waals surface area contributed by atoms with E-state index in [1.54, 1.807) is 0 Å². The molecule has 7 nitrogen and oxygen atoms in total. The first-order valence-corrected chi connectivity index (χ1v) is 11.3. The van der Waals surface area contributed by atoms with Crippen LogP contribution in [0.2, 0.25) is 0 Å². The van der Waals surface area contributed by atoms with Gasteiger partial charge in [-0.15, -0.1) is 0 Å². The van der Waals surface area contributed by atoms with E-state index in [0.717, 1.165) is 45.3 Å². The van der Waals surface area contributed by atoms with Gasteiger partial charge in [-0.25, -0.2) is 4.98 Å². The number of rotatable bonds is 5. The van der Waals surface area contributed by atoms with Gasteiger partial charge in [-0.2, -0.15) is 0 Å². The van der Waals surface area contributed by atoms with Crippen LogP contribution in [0.5, 0.6) is 11.5 Å². The van der Waals surface area contributed by atoms with Gasteiger partial charge in [-0.05, 0) is 60.9 Å². The summed E-state index contributed by atoms with van der Waals surface area (Å²) in [6.07, 6.45) is 1.91. The molecule has 0 saturated heterocycles. The minimum Gasteiger partial charge on any atom is -0.457 e. The number of ether oxygens (including phenoxy) is 1. The minimum absolute atomic E-state index is 0.108. The number of fused-ring (bicyclic) bond motifs is 2. The first-order chi connectivity index (χ1) is 16.5. The zero-order valence-corrected chi connectivity index (χ0v) is 19.3. The van der Waals surface area contributed by atoms with Crippen LogP contribution in [0, 0.1) is 13.8 Å². The largest absolute Gasteiger partial charge is 0.457 e. The third-order valence-corrected chi connectivity index (χ3v) is 6.11. The van der Waals surface area contributed by atoms with Gasteiger partial charge in [0.25, 0.3) is 5.91 Å². The Morgan fingerprint density at radius 2 is 1.94 bits per heavy atom. The van der Waals surface area contributed by atoms with Crippen molar-refractivity contribution in [2.75, 3.05) is 11.1 Å². The van der Waals surface area contributed by atoms with E-state index < -0.39 is 0 Å². The van der Waals surface area contributed by atoms with Crippen molar-refractivity contribution in [1.82, 2.24) is 14.9 Å². The molecule has 0 spiro atoms. The predicted octanol–water partition coefficient (Wildman–Crippen LogP) is 4.78. The SMILES string of the molecule is Cc1cc(N)nc(C)c1CNC(=O)c1cc2n(c1)Cc1ccc(Oc3ccccc3)cc1NC2. The maximum Gasteiger partial charge on any atom is 0.253 e. The Morgan fingerprint density at radius 1 is 1.12 bits per heavy atom. The molecule has 0 radical (unpaired) electrons. The Kier molecular flexibility index (Phi) is 5.67. The van der Waals surface area contributed by atoms with E-state index in [-0.39, 0.29) is 5.91 Å². The van der Waals surface area contributed by atoms with Crippen molar-refractivity contribution < 1.29 is 9.53 Å². The van der Waals surface area contributed by atoms with Gasteiger partial charge >= 0.3 is 0 Å². The maximum absolute atomic E-state index is 12.9. The van der Waals surface area contributed by atoms with E-state index >= 15 is 0 Å². The van der Waals surface area contributed by atoms with E-state index in [2.05, 4.69) is 26.3 Å². The number of anilines is 2. The normalized spacial score (nSPS) is 12.2. The number of nitrogen functional groups attached to an aromatic ring is 1. The summed E-state index contributed by atoms with van der Waals surface area (Å²) in [5.41, 5.74) is 12.5. The van der Waals surface area contributed by atoms with Crippen LogP contribution in [0.25, 0.3) is 0 Å². The fourth-order valence-electron chi connectivity index (χ4n) is 4.32. The highest BCUT2D eigenvalue weighted by atomic mass is 16.5. The Hall–Kier alpha value is -4.26. The summed E-state index contributed by atoms with van der Waals surface area (Å²) in [6, 6.07) is 19.6. The minimum atomic E-state index is -0.108. The van der Waals surface area contributed by atoms with Gasteiger partial charge in [0.2, 0.25) is 0 Å². The van der Waals surface area contributed by atoms with Crippen LogP contribution in [0.15, 0.2) is 66.9 Å². The van der Waals surface area contributed by atoms with Crippen LogP contribution >= 0.6 is 0 Å². The number of hydrogen-bond donors (Lipinski definition) is 3. The topological polar surface area (TPSA) is 94.2 Å². The molecule has 0 bridgehead atoms. The summed E-state index contributed by atoms with van der Waals surface area (Å²) in [5, 5.41) is 6.51. The Bertz CT molecular complexity index is 1340. The molecule has 172 valence electrons. The number of pyridine rings is 1. The average molecular weight is 454 g/mol. The van der Waals surface area contributed by atoms with Crippen molar-refractivity contribution in [1.29, 1.82) is 0 Å². The number of aryl methyl sites for hydroxylation is 2. The molecular weight excluding hydrogens is 426 g/mol. The lowest BCUT2D eigenvalue weighted by Crippen LogP contribution is -2.23. The quantitative estimate of drug-likeness (QED) is 0.404. The smallest absolute Gasteiger partial charge is 0.253 e. The van der Waals surface area contributed by atoms with Crippen molar-refractivity contribution in [3.63, 3.8) is 0 Å². The number of hydrogen-bond acceptors (Lipinski definition) is 5. The molecule has 4 aromatic rings. The summed E-state index contributed by atoms with van der Waals surface area (Å²) in [6.45, 7) is 5.60. The van der Waals surface area contributed by atoms with E-state index in [1.807, 2.05) is 74.6 Å². The van der Waals surface area contributed by atoms with Crippen molar-refractivity contribution in [2.45, 2.75) is 33.5 Å². The number of para-hydroxylation sites is 1.